The molecule has 0 saturated heterocycles. The van der Waals surface area contributed by atoms with E-state index >= 15 is 0 Å². The number of methoxy groups -OCH3 is 2. The Morgan fingerprint density at radius 1 is 0.968 bits per heavy atom. The van der Waals surface area contributed by atoms with E-state index in [2.05, 4.69) is 36.0 Å². The maximum absolute atomic E-state index is 12.5. The molecule has 0 aromatic heterocycles. The molecule has 7 nitrogen and oxygen atoms in total. The van der Waals surface area contributed by atoms with Crippen molar-refractivity contribution >= 4 is 15.9 Å². The van der Waals surface area contributed by atoms with Crippen molar-refractivity contribution in [2.75, 3.05) is 20.8 Å². The van der Waals surface area contributed by atoms with E-state index in [1.807, 2.05) is 19.1 Å². The van der Waals surface area contributed by atoms with Crippen molar-refractivity contribution in [1.82, 2.24) is 10.0 Å². The number of rotatable bonds is 11. The van der Waals surface area contributed by atoms with Crippen LogP contribution in [0.25, 0.3) is 0 Å². The topological polar surface area (TPSA) is 93.7 Å². The number of amides is 1. The molecule has 8 heteroatoms. The van der Waals surface area contributed by atoms with Gasteiger partial charge in [0.1, 0.15) is 0 Å². The van der Waals surface area contributed by atoms with Crippen LogP contribution in [0.3, 0.4) is 0 Å². The number of benzene rings is 2. The molecule has 0 radical (unpaired) electrons. The quantitative estimate of drug-likeness (QED) is 0.549. The Hall–Kier alpha value is -2.58. The van der Waals surface area contributed by atoms with Crippen LogP contribution in [0.4, 0.5) is 0 Å². The molecule has 0 heterocycles. The van der Waals surface area contributed by atoms with Gasteiger partial charge in [0.05, 0.1) is 25.2 Å². The Bertz CT molecular complexity index is 972. The third-order valence-corrected chi connectivity index (χ3v) is 6.27. The molecule has 0 spiro atoms. The summed E-state index contributed by atoms with van der Waals surface area (Å²) in [5, 5.41) is 2.91. The zero-order valence-corrected chi connectivity index (χ0v) is 19.6. The fraction of sp³-hybridized carbons (Fsp3) is 0.435. The highest BCUT2D eigenvalue weighted by molar-refractivity contribution is 7.89. The lowest BCUT2D eigenvalue weighted by atomic mass is 10.00. The largest absolute Gasteiger partial charge is 0.493 e. The average Bonchev–Trinajstić information content (AvgIpc) is 2.73. The molecule has 2 rings (SSSR count). The molecule has 1 atom stereocenters. The number of ether oxygens (including phenoxy) is 2. The van der Waals surface area contributed by atoms with Gasteiger partial charge < -0.3 is 14.8 Å². The Kier molecular flexibility index (Phi) is 8.88. The van der Waals surface area contributed by atoms with Gasteiger partial charge in [-0.05, 0) is 42.5 Å². The van der Waals surface area contributed by atoms with Gasteiger partial charge in [0.2, 0.25) is 15.9 Å². The van der Waals surface area contributed by atoms with E-state index in [0.29, 0.717) is 17.4 Å². The van der Waals surface area contributed by atoms with Crippen molar-refractivity contribution in [3.05, 3.63) is 53.6 Å². The third-order valence-electron chi connectivity index (χ3n) is 4.81. The van der Waals surface area contributed by atoms with Gasteiger partial charge in [-0.3, -0.25) is 4.79 Å². The predicted molar refractivity (Wildman–Crippen MR) is 121 cm³/mol. The lowest BCUT2D eigenvalue weighted by molar-refractivity contribution is -0.121. The van der Waals surface area contributed by atoms with Gasteiger partial charge in [-0.15, -0.1) is 0 Å². The van der Waals surface area contributed by atoms with E-state index < -0.39 is 10.0 Å². The second-order valence-electron chi connectivity index (χ2n) is 7.79. The fourth-order valence-corrected chi connectivity index (χ4v) is 4.22. The Morgan fingerprint density at radius 2 is 1.61 bits per heavy atom. The number of nitrogens with one attached hydrogen (secondary N) is 2. The standard InChI is InChI=1S/C23H32N2O5S/c1-16(2)14-18-6-8-19(9-7-18)17(3)25-23(26)12-13-24-31(27,28)20-10-11-21(29-4)22(15-20)30-5/h6-11,15-17,24H,12-14H2,1-5H3,(H,25,26). The first-order valence-electron chi connectivity index (χ1n) is 10.3. The Morgan fingerprint density at radius 3 is 2.19 bits per heavy atom. The van der Waals surface area contributed by atoms with Crippen molar-refractivity contribution in [2.45, 2.75) is 44.6 Å². The molecule has 0 saturated carbocycles. The summed E-state index contributed by atoms with van der Waals surface area (Å²) in [6.45, 7) is 6.25. The number of hydrogen-bond donors (Lipinski definition) is 2. The highest BCUT2D eigenvalue weighted by Crippen LogP contribution is 2.29. The summed E-state index contributed by atoms with van der Waals surface area (Å²) in [6, 6.07) is 12.4. The summed E-state index contributed by atoms with van der Waals surface area (Å²) >= 11 is 0. The van der Waals surface area contributed by atoms with E-state index in [1.165, 1.54) is 38.0 Å². The summed E-state index contributed by atoms with van der Waals surface area (Å²) in [7, 11) is -0.863. The minimum Gasteiger partial charge on any atom is -0.493 e. The molecule has 0 fully saturated rings. The highest BCUT2D eigenvalue weighted by Gasteiger charge is 2.18. The normalized spacial score (nSPS) is 12.5. The van der Waals surface area contributed by atoms with Crippen molar-refractivity contribution < 1.29 is 22.7 Å². The zero-order valence-electron chi connectivity index (χ0n) is 18.8. The van der Waals surface area contributed by atoms with Crippen LogP contribution in [-0.2, 0) is 21.2 Å². The van der Waals surface area contributed by atoms with Crippen LogP contribution in [-0.4, -0.2) is 35.1 Å². The van der Waals surface area contributed by atoms with Gasteiger partial charge in [0.25, 0.3) is 0 Å². The lowest BCUT2D eigenvalue weighted by Crippen LogP contribution is -2.32. The molecular weight excluding hydrogens is 416 g/mol. The van der Waals surface area contributed by atoms with Crippen LogP contribution < -0.4 is 19.5 Å². The van der Waals surface area contributed by atoms with Gasteiger partial charge in [0, 0.05) is 19.0 Å². The Labute approximate surface area is 185 Å². The number of carbonyl (C=O) groups excluding carboxylic acids is 1. The first kappa shape index (κ1) is 24.7. The SMILES string of the molecule is COc1ccc(S(=O)(=O)NCCC(=O)NC(C)c2ccc(CC(C)C)cc2)cc1OC. The summed E-state index contributed by atoms with van der Waals surface area (Å²) in [4.78, 5) is 12.3. The maximum atomic E-state index is 12.5. The number of hydrogen-bond acceptors (Lipinski definition) is 5. The lowest BCUT2D eigenvalue weighted by Gasteiger charge is -2.15. The van der Waals surface area contributed by atoms with E-state index in [1.54, 1.807) is 0 Å². The number of sulfonamides is 1. The molecule has 1 amide bonds. The van der Waals surface area contributed by atoms with Gasteiger partial charge in [-0.2, -0.15) is 0 Å². The molecule has 31 heavy (non-hydrogen) atoms. The van der Waals surface area contributed by atoms with Crippen LogP contribution in [0.1, 0.15) is 44.4 Å². The number of carbonyl (C=O) groups is 1. The van der Waals surface area contributed by atoms with E-state index in [-0.39, 0.29) is 29.8 Å². The molecule has 2 aromatic rings. The molecule has 0 bridgehead atoms. The smallest absolute Gasteiger partial charge is 0.240 e. The zero-order chi connectivity index (χ0) is 23.0. The third kappa shape index (κ3) is 7.25. The first-order chi connectivity index (χ1) is 14.7. The van der Waals surface area contributed by atoms with Gasteiger partial charge >= 0.3 is 0 Å². The molecule has 0 aliphatic carbocycles. The van der Waals surface area contributed by atoms with Gasteiger partial charge in [-0.1, -0.05) is 38.1 Å². The molecule has 2 aromatic carbocycles. The second-order valence-corrected chi connectivity index (χ2v) is 9.56. The van der Waals surface area contributed by atoms with Crippen LogP contribution >= 0.6 is 0 Å². The van der Waals surface area contributed by atoms with Crippen LogP contribution in [0, 0.1) is 5.92 Å². The summed E-state index contributed by atoms with van der Waals surface area (Å²) in [5.41, 5.74) is 2.27. The van der Waals surface area contributed by atoms with Crippen LogP contribution in [0.15, 0.2) is 47.4 Å². The molecule has 1 unspecified atom stereocenters. The van der Waals surface area contributed by atoms with Crippen molar-refractivity contribution in [2.24, 2.45) is 5.92 Å². The fourth-order valence-electron chi connectivity index (χ4n) is 3.18. The summed E-state index contributed by atoms with van der Waals surface area (Å²) < 4.78 is 37.7. The molecule has 0 aliphatic heterocycles. The molecule has 170 valence electrons. The minimum absolute atomic E-state index is 0.0114. The van der Waals surface area contributed by atoms with E-state index in [0.717, 1.165) is 12.0 Å². The predicted octanol–water partition coefficient (Wildman–Crippen LogP) is 3.45. The Balaban J connectivity index is 1.88. The first-order valence-corrected chi connectivity index (χ1v) is 11.7. The summed E-state index contributed by atoms with van der Waals surface area (Å²) in [5.74, 6) is 1.11. The van der Waals surface area contributed by atoms with Crippen molar-refractivity contribution in [3.63, 3.8) is 0 Å². The monoisotopic (exact) mass is 448 g/mol. The van der Waals surface area contributed by atoms with E-state index in [4.69, 9.17) is 9.47 Å². The molecular formula is C23H32N2O5S. The summed E-state index contributed by atoms with van der Waals surface area (Å²) in [6.07, 6.45) is 1.05. The van der Waals surface area contributed by atoms with Gasteiger partial charge in [-0.25, -0.2) is 13.1 Å². The highest BCUT2D eigenvalue weighted by atomic mass is 32.2. The van der Waals surface area contributed by atoms with Crippen LogP contribution in [0.5, 0.6) is 11.5 Å². The molecule has 2 N–H and O–H groups in total. The minimum atomic E-state index is -3.77. The average molecular weight is 449 g/mol. The second kappa shape index (κ2) is 11.2. The van der Waals surface area contributed by atoms with Gasteiger partial charge in [0.15, 0.2) is 11.5 Å². The van der Waals surface area contributed by atoms with Crippen molar-refractivity contribution in [1.29, 1.82) is 0 Å². The van der Waals surface area contributed by atoms with Crippen molar-refractivity contribution in [3.8, 4) is 11.5 Å². The van der Waals surface area contributed by atoms with E-state index in [9.17, 15) is 13.2 Å². The maximum Gasteiger partial charge on any atom is 0.240 e. The molecule has 0 aliphatic rings. The van der Waals surface area contributed by atoms with Crippen LogP contribution in [0.2, 0.25) is 0 Å².